The molecular weight excluding hydrogens is 262 g/mol. The summed E-state index contributed by atoms with van der Waals surface area (Å²) in [6, 6.07) is 4.10. The summed E-state index contributed by atoms with van der Waals surface area (Å²) in [7, 11) is 6.08. The number of fused-ring (bicyclic) bond motifs is 1. The summed E-state index contributed by atoms with van der Waals surface area (Å²) in [5.41, 5.74) is 2.05. The first-order valence-electron chi connectivity index (χ1n) is 7.84. The van der Waals surface area contributed by atoms with Gasteiger partial charge in [-0.15, -0.1) is 0 Å². The number of H-pyrrole nitrogens is 1. The van der Waals surface area contributed by atoms with Crippen molar-refractivity contribution in [1.82, 2.24) is 20.3 Å². The smallest absolute Gasteiger partial charge is 0.179 e. The van der Waals surface area contributed by atoms with Crippen molar-refractivity contribution in [3.8, 4) is 0 Å². The minimum atomic E-state index is 0.205. The van der Waals surface area contributed by atoms with E-state index in [2.05, 4.69) is 28.4 Å². The van der Waals surface area contributed by atoms with Crippen LogP contribution in [0, 0.1) is 0 Å². The van der Waals surface area contributed by atoms with Crippen LogP contribution in [-0.2, 0) is 6.42 Å². The second kappa shape index (κ2) is 5.64. The summed E-state index contributed by atoms with van der Waals surface area (Å²) >= 11 is 0. The highest BCUT2D eigenvalue weighted by Crippen LogP contribution is 2.30. The van der Waals surface area contributed by atoms with Gasteiger partial charge in [-0.2, -0.15) is 0 Å². The van der Waals surface area contributed by atoms with Crippen LogP contribution in [0.15, 0.2) is 12.1 Å². The van der Waals surface area contributed by atoms with Crippen LogP contribution in [0.1, 0.15) is 37.9 Å². The van der Waals surface area contributed by atoms with Crippen LogP contribution < -0.4 is 10.2 Å². The predicted octanol–water partition coefficient (Wildman–Crippen LogP) is 2.49. The van der Waals surface area contributed by atoms with Gasteiger partial charge in [0.05, 0.1) is 5.52 Å². The van der Waals surface area contributed by atoms with E-state index in [1.54, 1.807) is 0 Å². The molecule has 21 heavy (non-hydrogen) atoms. The SMILES string of the molecule is CNC1(Cc2nc3nc(N(C)C)ccc3[nH]2)CCCCC1. The Labute approximate surface area is 126 Å². The summed E-state index contributed by atoms with van der Waals surface area (Å²) < 4.78 is 0. The number of imidazole rings is 1. The summed E-state index contributed by atoms with van der Waals surface area (Å²) in [5.74, 6) is 1.99. The Bertz CT molecular complexity index is 610. The molecule has 0 aliphatic heterocycles. The molecule has 2 aromatic heterocycles. The molecule has 5 heteroatoms. The van der Waals surface area contributed by atoms with Gasteiger partial charge < -0.3 is 15.2 Å². The van der Waals surface area contributed by atoms with Crippen LogP contribution in [0.5, 0.6) is 0 Å². The number of pyridine rings is 1. The molecule has 0 spiro atoms. The highest BCUT2D eigenvalue weighted by molar-refractivity contribution is 5.73. The molecular formula is C16H25N5. The van der Waals surface area contributed by atoms with E-state index in [9.17, 15) is 0 Å². The van der Waals surface area contributed by atoms with Crippen LogP contribution in [0.2, 0.25) is 0 Å². The van der Waals surface area contributed by atoms with Crippen molar-refractivity contribution in [2.45, 2.75) is 44.1 Å². The van der Waals surface area contributed by atoms with Crippen LogP contribution in [-0.4, -0.2) is 41.6 Å². The maximum absolute atomic E-state index is 4.71. The molecule has 114 valence electrons. The number of hydrogen-bond acceptors (Lipinski definition) is 4. The van der Waals surface area contributed by atoms with E-state index in [0.29, 0.717) is 0 Å². The average Bonchev–Trinajstić information content (AvgIpc) is 2.89. The topological polar surface area (TPSA) is 56.8 Å². The van der Waals surface area contributed by atoms with Gasteiger partial charge in [0.1, 0.15) is 11.6 Å². The lowest BCUT2D eigenvalue weighted by atomic mass is 9.79. The average molecular weight is 287 g/mol. The number of aromatic nitrogens is 3. The van der Waals surface area contributed by atoms with Gasteiger partial charge in [0.25, 0.3) is 0 Å². The minimum Gasteiger partial charge on any atom is -0.363 e. The molecule has 0 bridgehead atoms. The summed E-state index contributed by atoms with van der Waals surface area (Å²) in [6.45, 7) is 0. The number of rotatable bonds is 4. The van der Waals surface area contributed by atoms with Crippen molar-refractivity contribution in [3.05, 3.63) is 18.0 Å². The van der Waals surface area contributed by atoms with E-state index in [4.69, 9.17) is 4.98 Å². The second-order valence-electron chi connectivity index (χ2n) is 6.39. The molecule has 2 N–H and O–H groups in total. The van der Waals surface area contributed by atoms with Gasteiger partial charge in [0, 0.05) is 26.1 Å². The van der Waals surface area contributed by atoms with Crippen molar-refractivity contribution in [2.75, 3.05) is 26.0 Å². The Morgan fingerprint density at radius 2 is 1.95 bits per heavy atom. The molecule has 0 unspecified atom stereocenters. The van der Waals surface area contributed by atoms with Crippen LogP contribution in [0.25, 0.3) is 11.2 Å². The minimum absolute atomic E-state index is 0.205. The first kappa shape index (κ1) is 14.3. The fraction of sp³-hybridized carbons (Fsp3) is 0.625. The van der Waals surface area contributed by atoms with Crippen molar-refractivity contribution in [2.24, 2.45) is 0 Å². The fourth-order valence-electron chi connectivity index (χ4n) is 3.33. The van der Waals surface area contributed by atoms with Gasteiger partial charge in [-0.1, -0.05) is 19.3 Å². The lowest BCUT2D eigenvalue weighted by Gasteiger charge is -2.36. The molecule has 2 aromatic rings. The molecule has 0 amide bonds. The zero-order valence-corrected chi connectivity index (χ0v) is 13.2. The molecule has 1 fully saturated rings. The normalized spacial score (nSPS) is 18.0. The molecule has 1 aliphatic carbocycles. The number of nitrogens with zero attached hydrogens (tertiary/aromatic N) is 3. The second-order valence-corrected chi connectivity index (χ2v) is 6.39. The number of likely N-dealkylation sites (N-methyl/N-ethyl adjacent to an activating group) is 1. The van der Waals surface area contributed by atoms with Gasteiger partial charge in [-0.3, -0.25) is 0 Å². The molecule has 5 nitrogen and oxygen atoms in total. The summed E-state index contributed by atoms with van der Waals surface area (Å²) in [6.07, 6.45) is 7.40. The van der Waals surface area contributed by atoms with Crippen molar-refractivity contribution < 1.29 is 0 Å². The summed E-state index contributed by atoms with van der Waals surface area (Å²) in [5, 5.41) is 3.55. The first-order valence-corrected chi connectivity index (χ1v) is 7.84. The maximum atomic E-state index is 4.71. The lowest BCUT2D eigenvalue weighted by Crippen LogP contribution is -2.46. The molecule has 3 rings (SSSR count). The Kier molecular flexibility index (Phi) is 3.85. The molecule has 0 atom stereocenters. The maximum Gasteiger partial charge on any atom is 0.179 e. The van der Waals surface area contributed by atoms with Crippen molar-refractivity contribution in [1.29, 1.82) is 0 Å². The monoisotopic (exact) mass is 287 g/mol. The Hall–Kier alpha value is -1.62. The third-order valence-corrected chi connectivity index (χ3v) is 4.69. The fourth-order valence-corrected chi connectivity index (χ4v) is 3.33. The van der Waals surface area contributed by atoms with Crippen molar-refractivity contribution >= 4 is 17.0 Å². The number of anilines is 1. The standard InChI is InChI=1S/C16H25N5/c1-17-16(9-5-4-6-10-16)11-13-18-12-7-8-14(21(2)3)20-15(12)19-13/h7-8,17H,4-6,9-11H2,1-3H3,(H,18,19,20). The predicted molar refractivity (Wildman–Crippen MR) is 86.8 cm³/mol. The van der Waals surface area contributed by atoms with Crippen LogP contribution in [0.4, 0.5) is 5.82 Å². The third-order valence-electron chi connectivity index (χ3n) is 4.69. The molecule has 0 saturated heterocycles. The van der Waals surface area contributed by atoms with Gasteiger partial charge in [0.2, 0.25) is 0 Å². The van der Waals surface area contributed by atoms with Gasteiger partial charge in [-0.25, -0.2) is 9.97 Å². The van der Waals surface area contributed by atoms with Crippen molar-refractivity contribution in [3.63, 3.8) is 0 Å². The largest absolute Gasteiger partial charge is 0.363 e. The highest BCUT2D eigenvalue weighted by atomic mass is 15.2. The zero-order chi connectivity index (χ0) is 14.9. The Balaban J connectivity index is 1.86. The first-order chi connectivity index (χ1) is 10.1. The number of hydrogen-bond donors (Lipinski definition) is 2. The number of nitrogens with one attached hydrogen (secondary N) is 2. The lowest BCUT2D eigenvalue weighted by molar-refractivity contribution is 0.241. The molecule has 0 radical (unpaired) electrons. The van der Waals surface area contributed by atoms with E-state index in [1.165, 1.54) is 32.1 Å². The van der Waals surface area contributed by atoms with E-state index in [1.807, 2.05) is 25.1 Å². The molecule has 2 heterocycles. The van der Waals surface area contributed by atoms with E-state index in [0.717, 1.165) is 29.2 Å². The van der Waals surface area contributed by atoms with Crippen LogP contribution in [0.3, 0.4) is 0 Å². The van der Waals surface area contributed by atoms with Gasteiger partial charge in [-0.05, 0) is 32.0 Å². The molecule has 1 saturated carbocycles. The van der Waals surface area contributed by atoms with Gasteiger partial charge in [0.15, 0.2) is 5.65 Å². The Morgan fingerprint density at radius 3 is 2.62 bits per heavy atom. The molecule has 1 aliphatic rings. The van der Waals surface area contributed by atoms with Gasteiger partial charge >= 0.3 is 0 Å². The zero-order valence-electron chi connectivity index (χ0n) is 13.2. The van der Waals surface area contributed by atoms with E-state index < -0.39 is 0 Å². The van der Waals surface area contributed by atoms with E-state index in [-0.39, 0.29) is 5.54 Å². The number of aromatic amines is 1. The van der Waals surface area contributed by atoms with E-state index >= 15 is 0 Å². The van der Waals surface area contributed by atoms with Crippen LogP contribution >= 0.6 is 0 Å². The third kappa shape index (κ3) is 2.88. The quantitative estimate of drug-likeness (QED) is 0.907. The molecule has 0 aromatic carbocycles. The highest BCUT2D eigenvalue weighted by Gasteiger charge is 2.31. The Morgan fingerprint density at radius 1 is 1.19 bits per heavy atom. The summed E-state index contributed by atoms with van der Waals surface area (Å²) in [4.78, 5) is 14.7.